The summed E-state index contributed by atoms with van der Waals surface area (Å²) in [6.07, 6.45) is 1.73. The normalized spacial score (nSPS) is 12.4. The van der Waals surface area contributed by atoms with Gasteiger partial charge in [0.1, 0.15) is 0 Å². The molecule has 0 amide bonds. The summed E-state index contributed by atoms with van der Waals surface area (Å²) in [5, 5.41) is 1.10. The molecule has 0 radical (unpaired) electrons. The third-order valence-electron chi connectivity index (χ3n) is 3.17. The molecule has 0 heterocycles. The van der Waals surface area contributed by atoms with Crippen molar-refractivity contribution in [3.63, 3.8) is 0 Å². The maximum absolute atomic E-state index is 6.54. The van der Waals surface area contributed by atoms with E-state index in [-0.39, 0.29) is 5.38 Å². The number of hydrogen-bond acceptors (Lipinski definition) is 0. The van der Waals surface area contributed by atoms with Crippen LogP contribution in [0.15, 0.2) is 42.5 Å². The van der Waals surface area contributed by atoms with E-state index in [1.807, 2.05) is 30.3 Å². The van der Waals surface area contributed by atoms with Gasteiger partial charge in [0, 0.05) is 0 Å². The van der Waals surface area contributed by atoms with Crippen LogP contribution in [0.1, 0.15) is 29.0 Å². The highest BCUT2D eigenvalue weighted by Gasteiger charge is 2.12. The van der Waals surface area contributed by atoms with Gasteiger partial charge in [-0.05, 0) is 41.7 Å². The minimum absolute atomic E-state index is 0.0478. The molecule has 0 nitrogen and oxygen atoms in total. The summed E-state index contributed by atoms with van der Waals surface area (Å²) in [5.74, 6) is 0. The van der Waals surface area contributed by atoms with E-state index in [1.165, 1.54) is 11.1 Å². The van der Waals surface area contributed by atoms with Crippen molar-refractivity contribution in [3.05, 3.63) is 69.2 Å². The van der Waals surface area contributed by atoms with E-state index in [9.17, 15) is 0 Å². The van der Waals surface area contributed by atoms with E-state index < -0.39 is 0 Å². The van der Waals surface area contributed by atoms with Gasteiger partial charge in [0.05, 0.1) is 15.4 Å². The quantitative estimate of drug-likeness (QED) is 0.600. The average molecular weight is 314 g/mol. The molecule has 0 aliphatic rings. The lowest BCUT2D eigenvalue weighted by atomic mass is 9.98. The Morgan fingerprint density at radius 1 is 1.00 bits per heavy atom. The van der Waals surface area contributed by atoms with Crippen LogP contribution >= 0.6 is 34.8 Å². The lowest BCUT2D eigenvalue weighted by Gasteiger charge is -2.14. The highest BCUT2D eigenvalue weighted by molar-refractivity contribution is 6.42. The number of hydrogen-bond donors (Lipinski definition) is 0. The molecule has 2 aromatic rings. The smallest absolute Gasteiger partial charge is 0.0628 e. The van der Waals surface area contributed by atoms with Crippen LogP contribution in [0.3, 0.4) is 0 Å². The molecule has 2 rings (SSSR count). The molecular weight excluding hydrogens is 299 g/mol. The van der Waals surface area contributed by atoms with Crippen LogP contribution < -0.4 is 0 Å². The van der Waals surface area contributed by atoms with Crippen molar-refractivity contribution in [1.29, 1.82) is 0 Å². The summed E-state index contributed by atoms with van der Waals surface area (Å²) in [6, 6.07) is 14.0. The van der Waals surface area contributed by atoms with Crippen LogP contribution in [0.2, 0.25) is 10.0 Å². The fourth-order valence-corrected chi connectivity index (χ4v) is 2.86. The standard InChI is InChI=1S/C16H15Cl3/c1-2-12-5-3-4-6-13(12)15(18)9-11-7-8-14(17)16(19)10-11/h3-8,10,15H,2,9H2,1H3. The molecule has 100 valence electrons. The SMILES string of the molecule is CCc1ccccc1C(Cl)Cc1ccc(Cl)c(Cl)c1. The molecule has 0 fully saturated rings. The summed E-state index contributed by atoms with van der Waals surface area (Å²) < 4.78 is 0. The molecule has 0 saturated carbocycles. The predicted octanol–water partition coefficient (Wildman–Crippen LogP) is 6.08. The van der Waals surface area contributed by atoms with Crippen molar-refractivity contribution in [2.75, 3.05) is 0 Å². The number of rotatable bonds is 4. The number of aryl methyl sites for hydroxylation is 1. The minimum Gasteiger partial charge on any atom is -0.117 e. The zero-order chi connectivity index (χ0) is 13.8. The first-order valence-electron chi connectivity index (χ1n) is 6.27. The van der Waals surface area contributed by atoms with Gasteiger partial charge in [-0.3, -0.25) is 0 Å². The third kappa shape index (κ3) is 3.66. The Balaban J connectivity index is 2.20. The van der Waals surface area contributed by atoms with Gasteiger partial charge in [-0.2, -0.15) is 0 Å². The molecule has 19 heavy (non-hydrogen) atoms. The van der Waals surface area contributed by atoms with Gasteiger partial charge in [-0.15, -0.1) is 11.6 Å². The lowest BCUT2D eigenvalue weighted by molar-refractivity contribution is 0.896. The van der Waals surface area contributed by atoms with E-state index in [0.717, 1.165) is 18.4 Å². The van der Waals surface area contributed by atoms with Crippen molar-refractivity contribution < 1.29 is 0 Å². The number of halogens is 3. The molecule has 0 spiro atoms. The Bertz CT molecular complexity index is 564. The molecule has 0 bridgehead atoms. The van der Waals surface area contributed by atoms with E-state index >= 15 is 0 Å². The van der Waals surface area contributed by atoms with Crippen LogP contribution in [0, 0.1) is 0 Å². The molecule has 3 heteroatoms. The highest BCUT2D eigenvalue weighted by Crippen LogP contribution is 2.30. The number of alkyl halides is 1. The first-order chi connectivity index (χ1) is 9.11. The summed E-state index contributed by atoms with van der Waals surface area (Å²) >= 11 is 18.5. The van der Waals surface area contributed by atoms with Gasteiger partial charge in [0.15, 0.2) is 0 Å². The summed E-state index contributed by atoms with van der Waals surface area (Å²) in [5.41, 5.74) is 3.58. The van der Waals surface area contributed by atoms with Crippen LogP contribution in [0.25, 0.3) is 0 Å². The molecule has 1 unspecified atom stereocenters. The minimum atomic E-state index is -0.0478. The van der Waals surface area contributed by atoms with Crippen molar-refractivity contribution in [1.82, 2.24) is 0 Å². The lowest BCUT2D eigenvalue weighted by Crippen LogP contribution is -2.00. The fraction of sp³-hybridized carbons (Fsp3) is 0.250. The molecule has 0 saturated heterocycles. The summed E-state index contributed by atoms with van der Waals surface area (Å²) in [7, 11) is 0. The maximum Gasteiger partial charge on any atom is 0.0628 e. The van der Waals surface area contributed by atoms with E-state index in [2.05, 4.69) is 19.1 Å². The van der Waals surface area contributed by atoms with Gasteiger partial charge in [0.25, 0.3) is 0 Å². The highest BCUT2D eigenvalue weighted by atomic mass is 35.5. The molecule has 0 aromatic heterocycles. The largest absolute Gasteiger partial charge is 0.117 e. The third-order valence-corrected chi connectivity index (χ3v) is 4.30. The Kier molecular flexibility index (Phi) is 5.15. The molecule has 0 aliphatic carbocycles. The van der Waals surface area contributed by atoms with Gasteiger partial charge in [-0.1, -0.05) is 60.5 Å². The second-order valence-corrected chi connectivity index (χ2v) is 5.81. The van der Waals surface area contributed by atoms with Crippen LogP contribution in [0.5, 0.6) is 0 Å². The Morgan fingerprint density at radius 2 is 1.74 bits per heavy atom. The average Bonchev–Trinajstić information content (AvgIpc) is 2.43. The molecular formula is C16H15Cl3. The first kappa shape index (κ1) is 14.7. The van der Waals surface area contributed by atoms with Gasteiger partial charge < -0.3 is 0 Å². The Labute approximate surface area is 129 Å². The predicted molar refractivity (Wildman–Crippen MR) is 84.6 cm³/mol. The van der Waals surface area contributed by atoms with Gasteiger partial charge in [0.2, 0.25) is 0 Å². The number of benzene rings is 2. The maximum atomic E-state index is 6.54. The van der Waals surface area contributed by atoms with Crippen LogP contribution in [0.4, 0.5) is 0 Å². The van der Waals surface area contributed by atoms with Crippen LogP contribution in [-0.2, 0) is 12.8 Å². The fourth-order valence-electron chi connectivity index (χ4n) is 2.15. The molecule has 2 aromatic carbocycles. The van der Waals surface area contributed by atoms with Crippen LogP contribution in [-0.4, -0.2) is 0 Å². The Hall–Kier alpha value is -0.690. The van der Waals surface area contributed by atoms with Crippen molar-refractivity contribution in [3.8, 4) is 0 Å². The second kappa shape index (κ2) is 6.65. The summed E-state index contributed by atoms with van der Waals surface area (Å²) in [4.78, 5) is 0. The molecule has 0 N–H and O–H groups in total. The summed E-state index contributed by atoms with van der Waals surface area (Å²) in [6.45, 7) is 2.14. The van der Waals surface area contributed by atoms with Crippen molar-refractivity contribution in [2.24, 2.45) is 0 Å². The zero-order valence-corrected chi connectivity index (χ0v) is 12.9. The second-order valence-electron chi connectivity index (χ2n) is 4.47. The first-order valence-corrected chi connectivity index (χ1v) is 7.47. The Morgan fingerprint density at radius 3 is 2.42 bits per heavy atom. The molecule has 0 aliphatic heterocycles. The zero-order valence-electron chi connectivity index (χ0n) is 10.7. The van der Waals surface area contributed by atoms with Gasteiger partial charge in [-0.25, -0.2) is 0 Å². The van der Waals surface area contributed by atoms with Crippen molar-refractivity contribution >= 4 is 34.8 Å². The van der Waals surface area contributed by atoms with E-state index in [1.54, 1.807) is 0 Å². The molecule has 1 atom stereocenters. The van der Waals surface area contributed by atoms with E-state index in [4.69, 9.17) is 34.8 Å². The monoisotopic (exact) mass is 312 g/mol. The van der Waals surface area contributed by atoms with Gasteiger partial charge >= 0.3 is 0 Å². The van der Waals surface area contributed by atoms with E-state index in [0.29, 0.717) is 10.0 Å². The van der Waals surface area contributed by atoms with Crippen molar-refractivity contribution in [2.45, 2.75) is 25.1 Å². The topological polar surface area (TPSA) is 0 Å².